The summed E-state index contributed by atoms with van der Waals surface area (Å²) in [5.74, 6) is 0.687. The van der Waals surface area contributed by atoms with Crippen LogP contribution >= 0.6 is 0 Å². The summed E-state index contributed by atoms with van der Waals surface area (Å²) < 4.78 is 8.05. The Morgan fingerprint density at radius 1 is 0.575 bits per heavy atom. The molecule has 1 aromatic heterocycles. The van der Waals surface area contributed by atoms with Gasteiger partial charge in [0.2, 0.25) is 5.96 Å². The third-order valence-corrected chi connectivity index (χ3v) is 7.78. The molecule has 4 heteroatoms. The highest BCUT2D eigenvalue weighted by Crippen LogP contribution is 2.34. The van der Waals surface area contributed by atoms with Gasteiger partial charge in [-0.15, -0.1) is 0 Å². The molecule has 0 saturated carbocycles. The van der Waals surface area contributed by atoms with Gasteiger partial charge in [-0.2, -0.15) is 0 Å². The second-order valence-electron chi connectivity index (χ2n) is 10.2. The van der Waals surface area contributed by atoms with Crippen LogP contribution in [-0.4, -0.2) is 28.9 Å². The predicted molar refractivity (Wildman–Crippen MR) is 164 cm³/mol. The fraction of sp³-hybridized carbons (Fsp3) is 0.0556. The molecule has 0 spiro atoms. The Bertz CT molecular complexity index is 1890. The molecule has 5 aromatic carbocycles. The first-order valence-electron chi connectivity index (χ1n) is 13.6. The first kappa shape index (κ1) is 22.7. The van der Waals surface area contributed by atoms with Gasteiger partial charge >= 0.3 is 0 Å². The minimum Gasteiger partial charge on any atom is -0.498 e. The van der Waals surface area contributed by atoms with Crippen molar-refractivity contribution >= 4 is 33.5 Å². The van der Waals surface area contributed by atoms with Crippen LogP contribution in [0.1, 0.15) is 5.56 Å². The molecule has 0 radical (unpaired) electrons. The maximum atomic E-state index is 5.85. The summed E-state index contributed by atoms with van der Waals surface area (Å²) >= 11 is 0. The summed E-state index contributed by atoms with van der Waals surface area (Å²) in [6.07, 6.45) is 1.84. The van der Waals surface area contributed by atoms with Gasteiger partial charge in [-0.1, -0.05) is 97.1 Å². The van der Waals surface area contributed by atoms with Crippen molar-refractivity contribution in [3.8, 4) is 22.3 Å². The van der Waals surface area contributed by atoms with Crippen molar-refractivity contribution in [1.82, 2.24) is 4.57 Å². The Kier molecular flexibility index (Phi) is 5.23. The Balaban J connectivity index is 1.37. The molecule has 4 nitrogen and oxygen atoms in total. The molecule has 2 aliphatic rings. The van der Waals surface area contributed by atoms with E-state index >= 15 is 0 Å². The third-order valence-electron chi connectivity index (χ3n) is 7.78. The van der Waals surface area contributed by atoms with Crippen molar-refractivity contribution in [3.05, 3.63) is 145 Å². The molecule has 1 unspecified atom stereocenters. The highest BCUT2D eigenvalue weighted by atomic mass is 16.5. The van der Waals surface area contributed by atoms with Crippen LogP contribution in [0.3, 0.4) is 0 Å². The average Bonchev–Trinajstić information content (AvgIpc) is 3.64. The largest absolute Gasteiger partial charge is 0.498 e. The molecule has 0 fully saturated rings. The van der Waals surface area contributed by atoms with Crippen molar-refractivity contribution in [2.75, 3.05) is 6.61 Å². The van der Waals surface area contributed by atoms with Crippen LogP contribution in [0.15, 0.2) is 149 Å². The van der Waals surface area contributed by atoms with E-state index in [1.54, 1.807) is 0 Å². The third kappa shape index (κ3) is 3.69. The predicted octanol–water partition coefficient (Wildman–Crippen LogP) is 8.12. The number of ether oxygens (including phenoxy) is 1. The number of hydrogen-bond acceptors (Lipinski definition) is 3. The summed E-state index contributed by atoms with van der Waals surface area (Å²) in [7, 11) is 0. The van der Waals surface area contributed by atoms with Gasteiger partial charge in [0.15, 0.2) is 0 Å². The lowest BCUT2D eigenvalue weighted by Gasteiger charge is -2.21. The van der Waals surface area contributed by atoms with E-state index in [0.717, 1.165) is 39.0 Å². The second-order valence-corrected chi connectivity index (χ2v) is 10.2. The van der Waals surface area contributed by atoms with Gasteiger partial charge in [-0.25, -0.2) is 9.98 Å². The van der Waals surface area contributed by atoms with E-state index < -0.39 is 0 Å². The number of fused-ring (bicyclic) bond motifs is 4. The Morgan fingerprint density at radius 3 is 1.70 bits per heavy atom. The number of rotatable bonds is 3. The van der Waals surface area contributed by atoms with Crippen molar-refractivity contribution in [2.45, 2.75) is 6.04 Å². The first-order chi connectivity index (χ1) is 19.8. The Morgan fingerprint density at radius 2 is 1.10 bits per heavy atom. The number of nitrogens with zero attached hydrogens (tertiary/aromatic N) is 3. The van der Waals surface area contributed by atoms with Gasteiger partial charge in [0, 0.05) is 21.9 Å². The SMILES string of the molecule is C1=C2C(c3cc(-c4ccccc4)cc(-c4ccccc4)c3)=NC(n3c4ccccc4c4ccccc43)=NC2CO1. The number of hydrogen-bond donors (Lipinski definition) is 0. The molecule has 6 aromatic rings. The average molecular weight is 516 g/mol. The van der Waals surface area contributed by atoms with Gasteiger partial charge in [-0.3, -0.25) is 4.57 Å². The van der Waals surface area contributed by atoms with E-state index in [0.29, 0.717) is 12.6 Å². The van der Waals surface area contributed by atoms with Crippen LogP contribution in [0.25, 0.3) is 44.1 Å². The molecular weight excluding hydrogens is 490 g/mol. The van der Waals surface area contributed by atoms with E-state index in [4.69, 9.17) is 14.7 Å². The maximum Gasteiger partial charge on any atom is 0.231 e. The normalized spacial score (nSPS) is 16.3. The molecule has 40 heavy (non-hydrogen) atoms. The van der Waals surface area contributed by atoms with E-state index in [9.17, 15) is 0 Å². The summed E-state index contributed by atoms with van der Waals surface area (Å²) in [6.45, 7) is 0.513. The van der Waals surface area contributed by atoms with Crippen LogP contribution in [0, 0.1) is 0 Å². The highest BCUT2D eigenvalue weighted by molar-refractivity contribution is 6.22. The van der Waals surface area contributed by atoms with Crippen LogP contribution in [-0.2, 0) is 4.74 Å². The molecule has 190 valence electrons. The second kappa shape index (κ2) is 9.21. The van der Waals surface area contributed by atoms with Crippen molar-refractivity contribution < 1.29 is 4.74 Å². The molecule has 0 bridgehead atoms. The fourth-order valence-electron chi connectivity index (χ4n) is 5.89. The molecule has 0 saturated heterocycles. The Labute approximate surface area is 232 Å². The highest BCUT2D eigenvalue weighted by Gasteiger charge is 2.31. The molecular formula is C36H25N3O. The number of benzene rings is 5. The quantitative estimate of drug-likeness (QED) is 0.235. The molecule has 0 amide bonds. The van der Waals surface area contributed by atoms with E-state index in [1.165, 1.54) is 21.9 Å². The van der Waals surface area contributed by atoms with Crippen LogP contribution in [0.2, 0.25) is 0 Å². The maximum absolute atomic E-state index is 5.85. The van der Waals surface area contributed by atoms with Gasteiger partial charge in [-0.05, 0) is 52.6 Å². The summed E-state index contributed by atoms with van der Waals surface area (Å²) in [4.78, 5) is 10.4. The van der Waals surface area contributed by atoms with E-state index in [2.05, 4.69) is 132 Å². The molecule has 3 heterocycles. The van der Waals surface area contributed by atoms with Gasteiger partial charge in [0.1, 0.15) is 12.6 Å². The number of aliphatic imine (C=N–C) groups is 2. The number of para-hydroxylation sites is 2. The van der Waals surface area contributed by atoms with Crippen molar-refractivity contribution in [1.29, 1.82) is 0 Å². The molecule has 0 aliphatic carbocycles. The molecule has 0 N–H and O–H groups in total. The fourth-order valence-corrected chi connectivity index (χ4v) is 5.89. The van der Waals surface area contributed by atoms with Crippen LogP contribution < -0.4 is 0 Å². The van der Waals surface area contributed by atoms with Gasteiger partial charge in [0.25, 0.3) is 0 Å². The van der Waals surface area contributed by atoms with Crippen molar-refractivity contribution in [2.24, 2.45) is 9.98 Å². The van der Waals surface area contributed by atoms with Gasteiger partial charge in [0.05, 0.1) is 23.0 Å². The Hall–Kier alpha value is -5.22. The minimum atomic E-state index is -0.108. The molecule has 2 aliphatic heterocycles. The monoisotopic (exact) mass is 515 g/mol. The van der Waals surface area contributed by atoms with Gasteiger partial charge < -0.3 is 4.74 Å². The zero-order chi connectivity index (χ0) is 26.5. The van der Waals surface area contributed by atoms with Crippen molar-refractivity contribution in [3.63, 3.8) is 0 Å². The first-order valence-corrected chi connectivity index (χ1v) is 13.6. The summed E-state index contributed by atoms with van der Waals surface area (Å²) in [5, 5.41) is 2.39. The lowest BCUT2D eigenvalue weighted by atomic mass is 9.91. The molecule has 1 atom stereocenters. The van der Waals surface area contributed by atoms with E-state index in [-0.39, 0.29) is 6.04 Å². The summed E-state index contributed by atoms with van der Waals surface area (Å²) in [6, 6.07) is 44.6. The molecule has 8 rings (SSSR count). The zero-order valence-electron chi connectivity index (χ0n) is 21.7. The standard InChI is InChI=1S/C36H25N3O/c1-3-11-24(12-4-1)26-19-27(25-13-5-2-6-14-25)21-28(20-26)35-31-22-40-23-32(31)37-36(38-35)39-33-17-9-7-15-29(33)30-16-8-10-18-34(30)39/h1-22,32H,23H2. The smallest absolute Gasteiger partial charge is 0.231 e. The summed E-state index contributed by atoms with van der Waals surface area (Å²) in [5.41, 5.74) is 9.81. The zero-order valence-corrected chi connectivity index (χ0v) is 21.7. The van der Waals surface area contributed by atoms with Crippen LogP contribution in [0.4, 0.5) is 0 Å². The lowest BCUT2D eigenvalue weighted by molar-refractivity contribution is 0.270. The van der Waals surface area contributed by atoms with E-state index in [1.807, 2.05) is 6.26 Å². The lowest BCUT2D eigenvalue weighted by Crippen LogP contribution is -2.27. The van der Waals surface area contributed by atoms with Crippen LogP contribution in [0.5, 0.6) is 0 Å². The topological polar surface area (TPSA) is 38.9 Å². The minimum absolute atomic E-state index is 0.108. The number of aromatic nitrogens is 1.